The average molecular weight is 486 g/mol. The van der Waals surface area contributed by atoms with Crippen molar-refractivity contribution in [1.29, 1.82) is 0 Å². The van der Waals surface area contributed by atoms with E-state index in [1.165, 1.54) is 4.31 Å². The minimum Gasteiger partial charge on any atom is -0.354 e. The second kappa shape index (κ2) is 8.36. The summed E-state index contributed by atoms with van der Waals surface area (Å²) in [5.74, 6) is 0.226. The van der Waals surface area contributed by atoms with Gasteiger partial charge < -0.3 is 4.74 Å². The molecule has 0 aromatic heterocycles. The van der Waals surface area contributed by atoms with Crippen molar-refractivity contribution in [1.82, 2.24) is 4.31 Å². The Bertz CT molecular complexity index is 946. The normalized spacial score (nSPS) is 23.6. The largest absolute Gasteiger partial charge is 0.354 e. The highest BCUT2D eigenvalue weighted by molar-refractivity contribution is 9.09. The van der Waals surface area contributed by atoms with Crippen molar-refractivity contribution in [3.05, 3.63) is 60.2 Å². The molecule has 1 aliphatic rings. The van der Waals surface area contributed by atoms with Gasteiger partial charge in [0.25, 0.3) is 0 Å². The topological polar surface area (TPSA) is 63.7 Å². The quantitative estimate of drug-likeness (QED) is 0.585. The second-order valence-electron chi connectivity index (χ2n) is 7.26. The van der Waals surface area contributed by atoms with E-state index in [9.17, 15) is 12.6 Å². The van der Waals surface area contributed by atoms with E-state index in [1.807, 2.05) is 25.1 Å². The van der Waals surface area contributed by atoms with Gasteiger partial charge in [0.15, 0.2) is 0 Å². The van der Waals surface area contributed by atoms with Gasteiger partial charge >= 0.3 is 0 Å². The first-order chi connectivity index (χ1) is 13.2. The molecule has 0 saturated carbocycles. The number of hydrogen-bond acceptors (Lipinski definition) is 4. The van der Waals surface area contributed by atoms with E-state index in [1.54, 1.807) is 50.2 Å². The summed E-state index contributed by atoms with van der Waals surface area (Å²) in [5, 5.41) is 0.387. The average Bonchev–Trinajstić information content (AvgIpc) is 2.92. The molecule has 1 saturated heterocycles. The Morgan fingerprint density at radius 1 is 1.11 bits per heavy atom. The summed E-state index contributed by atoms with van der Waals surface area (Å²) in [5.41, 5.74) is -0.0580. The number of rotatable bonds is 6. The fraction of sp³-hybridized carbons (Fsp3) is 0.400. The van der Waals surface area contributed by atoms with Gasteiger partial charge in [-0.3, -0.25) is 4.21 Å². The van der Waals surface area contributed by atoms with Crippen LogP contribution in [0, 0.1) is 6.92 Å². The molecule has 1 aliphatic heterocycles. The first-order valence-corrected chi connectivity index (χ1v) is 12.8. The van der Waals surface area contributed by atoms with Crippen LogP contribution in [-0.2, 0) is 25.6 Å². The van der Waals surface area contributed by atoms with Crippen LogP contribution in [0.25, 0.3) is 0 Å². The van der Waals surface area contributed by atoms with Gasteiger partial charge in [0.2, 0.25) is 10.0 Å². The Morgan fingerprint density at radius 2 is 1.71 bits per heavy atom. The molecule has 5 nitrogen and oxygen atoms in total. The summed E-state index contributed by atoms with van der Waals surface area (Å²) in [6.07, 6.45) is -0.490. The number of sulfonamides is 1. The molecule has 8 heteroatoms. The van der Waals surface area contributed by atoms with Gasteiger partial charge in [-0.15, -0.1) is 0 Å². The Balaban J connectivity index is 1.91. The van der Waals surface area contributed by atoms with Crippen molar-refractivity contribution >= 4 is 36.8 Å². The molecule has 0 N–H and O–H groups in total. The Hall–Kier alpha value is -1.06. The number of ether oxygens (including phenoxy) is 1. The predicted octanol–water partition coefficient (Wildman–Crippen LogP) is 3.69. The van der Waals surface area contributed by atoms with Crippen molar-refractivity contribution in [2.24, 2.45) is 0 Å². The lowest BCUT2D eigenvalue weighted by Gasteiger charge is -2.32. The SMILES string of the molecule is Cc1ccc(S(=O)(=O)N2[C@H](CBr)[C@@H](CS(=O)c3ccccc3)OC2(C)C)cc1. The third-order valence-electron chi connectivity index (χ3n) is 4.76. The number of alkyl halides is 1. The first-order valence-electron chi connectivity index (χ1n) is 8.95. The molecule has 0 aliphatic carbocycles. The molecule has 0 radical (unpaired) electrons. The van der Waals surface area contributed by atoms with Crippen LogP contribution in [-0.4, -0.2) is 45.9 Å². The standard InChI is InChI=1S/C20H24BrNO4S2/c1-15-9-11-17(12-10-15)28(24,25)22-18(13-21)19(26-20(22,2)3)14-27(23)16-7-5-4-6-8-16/h4-12,18-19H,13-14H2,1-3H3/t18-,19-,27?/m1/s1. The van der Waals surface area contributed by atoms with Gasteiger partial charge in [-0.25, -0.2) is 8.42 Å². The van der Waals surface area contributed by atoms with Gasteiger partial charge in [-0.05, 0) is 45.0 Å². The van der Waals surface area contributed by atoms with E-state index < -0.39 is 38.7 Å². The highest BCUT2D eigenvalue weighted by Gasteiger charge is 2.53. The summed E-state index contributed by atoms with van der Waals surface area (Å²) in [6, 6.07) is 15.5. The van der Waals surface area contributed by atoms with E-state index >= 15 is 0 Å². The van der Waals surface area contributed by atoms with Crippen LogP contribution in [0.15, 0.2) is 64.4 Å². The van der Waals surface area contributed by atoms with Crippen LogP contribution >= 0.6 is 15.9 Å². The molecule has 0 spiro atoms. The summed E-state index contributed by atoms with van der Waals surface area (Å²) >= 11 is 3.45. The molecule has 3 atom stereocenters. The minimum absolute atomic E-state index is 0.226. The molecular weight excluding hydrogens is 462 g/mol. The highest BCUT2D eigenvalue weighted by atomic mass is 79.9. The maximum atomic E-state index is 13.4. The maximum Gasteiger partial charge on any atom is 0.245 e. The van der Waals surface area contributed by atoms with E-state index in [0.717, 1.165) is 5.56 Å². The van der Waals surface area contributed by atoms with Crippen LogP contribution in [0.4, 0.5) is 0 Å². The summed E-state index contributed by atoms with van der Waals surface area (Å²) in [7, 11) is -5.06. The zero-order valence-corrected chi connectivity index (χ0v) is 19.3. The molecule has 1 unspecified atom stereocenters. The minimum atomic E-state index is -3.78. The fourth-order valence-corrected chi connectivity index (χ4v) is 7.50. The van der Waals surface area contributed by atoms with Gasteiger partial charge in [0.05, 0.1) is 33.6 Å². The molecule has 0 bridgehead atoms. The van der Waals surface area contributed by atoms with Crippen molar-refractivity contribution < 1.29 is 17.4 Å². The van der Waals surface area contributed by atoms with Crippen LogP contribution in [0.3, 0.4) is 0 Å². The lowest BCUT2D eigenvalue weighted by molar-refractivity contribution is -0.0427. The highest BCUT2D eigenvalue weighted by Crippen LogP contribution is 2.38. The smallest absolute Gasteiger partial charge is 0.245 e. The third-order valence-corrected chi connectivity index (χ3v) is 8.95. The lowest BCUT2D eigenvalue weighted by Crippen LogP contribution is -2.49. The van der Waals surface area contributed by atoms with E-state index in [4.69, 9.17) is 4.74 Å². The van der Waals surface area contributed by atoms with Crippen LogP contribution in [0.1, 0.15) is 19.4 Å². The van der Waals surface area contributed by atoms with Crippen molar-refractivity contribution in [2.75, 3.05) is 11.1 Å². The van der Waals surface area contributed by atoms with Crippen LogP contribution in [0.2, 0.25) is 0 Å². The molecule has 0 amide bonds. The van der Waals surface area contributed by atoms with Crippen LogP contribution in [0.5, 0.6) is 0 Å². The van der Waals surface area contributed by atoms with Crippen LogP contribution < -0.4 is 0 Å². The third kappa shape index (κ3) is 4.26. The summed E-state index contributed by atoms with van der Waals surface area (Å²) in [6.45, 7) is 5.38. The van der Waals surface area contributed by atoms with E-state index in [2.05, 4.69) is 15.9 Å². The van der Waals surface area contributed by atoms with Gasteiger partial charge in [0, 0.05) is 10.2 Å². The molecular formula is C20H24BrNO4S2. The number of hydrogen-bond donors (Lipinski definition) is 0. The Morgan fingerprint density at radius 3 is 2.29 bits per heavy atom. The number of halogens is 1. The molecule has 152 valence electrons. The number of benzene rings is 2. The zero-order valence-electron chi connectivity index (χ0n) is 16.0. The van der Waals surface area contributed by atoms with Gasteiger partial charge in [-0.2, -0.15) is 4.31 Å². The molecule has 2 aromatic rings. The molecule has 3 rings (SSSR count). The molecule has 1 heterocycles. The molecule has 2 aromatic carbocycles. The monoisotopic (exact) mass is 485 g/mol. The van der Waals surface area contributed by atoms with Crippen molar-refractivity contribution in [2.45, 2.75) is 48.4 Å². The maximum absolute atomic E-state index is 13.4. The number of nitrogens with zero attached hydrogens (tertiary/aromatic N) is 1. The van der Waals surface area contributed by atoms with Gasteiger partial charge in [0.1, 0.15) is 5.72 Å². The van der Waals surface area contributed by atoms with Crippen molar-refractivity contribution in [3.8, 4) is 0 Å². The number of aryl methyl sites for hydroxylation is 1. The van der Waals surface area contributed by atoms with Gasteiger partial charge in [-0.1, -0.05) is 51.8 Å². The van der Waals surface area contributed by atoms with E-state index in [-0.39, 0.29) is 10.6 Å². The summed E-state index contributed by atoms with van der Waals surface area (Å²) in [4.78, 5) is 0.933. The molecule has 28 heavy (non-hydrogen) atoms. The molecule has 1 fully saturated rings. The Labute approximate surface area is 177 Å². The zero-order chi connectivity index (χ0) is 20.5. The second-order valence-corrected chi connectivity index (χ2v) is 11.2. The van der Waals surface area contributed by atoms with E-state index in [0.29, 0.717) is 10.2 Å². The predicted molar refractivity (Wildman–Crippen MR) is 114 cm³/mol. The lowest BCUT2D eigenvalue weighted by atomic mass is 10.2. The first kappa shape index (κ1) is 21.6. The fourth-order valence-electron chi connectivity index (χ4n) is 3.47. The summed E-state index contributed by atoms with van der Waals surface area (Å²) < 4.78 is 47.1. The Kier molecular flexibility index (Phi) is 6.46. The van der Waals surface area contributed by atoms with Crippen molar-refractivity contribution in [3.63, 3.8) is 0 Å².